The number of hydrogen-bond donors (Lipinski definition) is 1. The molecular formula is C12H20N2O2. The number of nitrogens with one attached hydrogen (secondary N) is 1. The van der Waals surface area contributed by atoms with Crippen LogP contribution in [0.4, 0.5) is 0 Å². The highest BCUT2D eigenvalue weighted by Crippen LogP contribution is 2.32. The highest BCUT2D eigenvalue weighted by Gasteiger charge is 2.39. The minimum Gasteiger partial charge on any atom is -0.347 e. The molecule has 2 aliphatic heterocycles. The summed E-state index contributed by atoms with van der Waals surface area (Å²) < 4.78 is 11.5. The average Bonchev–Trinajstić information content (AvgIpc) is 2.62. The molecule has 4 heteroatoms. The number of rotatable bonds is 3. The summed E-state index contributed by atoms with van der Waals surface area (Å²) in [5.41, 5.74) is 0. The molecule has 0 aromatic rings. The minimum absolute atomic E-state index is 0.0356. The molecule has 3 atom stereocenters. The van der Waals surface area contributed by atoms with E-state index < -0.39 is 5.79 Å². The summed E-state index contributed by atoms with van der Waals surface area (Å²) in [7, 11) is 0. The van der Waals surface area contributed by atoms with Crippen molar-refractivity contribution in [2.45, 2.75) is 44.5 Å². The Morgan fingerprint density at radius 2 is 2.44 bits per heavy atom. The fourth-order valence-electron chi connectivity index (χ4n) is 2.62. The van der Waals surface area contributed by atoms with E-state index >= 15 is 0 Å². The third-order valence-electron chi connectivity index (χ3n) is 3.37. The van der Waals surface area contributed by atoms with E-state index in [1.54, 1.807) is 0 Å². The molecule has 2 rings (SSSR count). The van der Waals surface area contributed by atoms with Gasteiger partial charge in [-0.15, -0.1) is 0 Å². The van der Waals surface area contributed by atoms with Crippen LogP contribution >= 0.6 is 0 Å². The molecule has 16 heavy (non-hydrogen) atoms. The van der Waals surface area contributed by atoms with Crippen LogP contribution in [-0.4, -0.2) is 31.6 Å². The second kappa shape index (κ2) is 5.13. The zero-order valence-corrected chi connectivity index (χ0v) is 9.87. The average molecular weight is 224 g/mol. The van der Waals surface area contributed by atoms with Gasteiger partial charge in [0.15, 0.2) is 5.79 Å². The Morgan fingerprint density at radius 1 is 1.56 bits per heavy atom. The van der Waals surface area contributed by atoms with E-state index in [9.17, 15) is 0 Å². The quantitative estimate of drug-likeness (QED) is 0.787. The Bertz CT molecular complexity index is 271. The van der Waals surface area contributed by atoms with Crippen LogP contribution in [-0.2, 0) is 9.47 Å². The van der Waals surface area contributed by atoms with Gasteiger partial charge in [0.25, 0.3) is 0 Å². The van der Waals surface area contributed by atoms with Crippen LogP contribution < -0.4 is 5.32 Å². The first-order chi connectivity index (χ1) is 7.72. The molecule has 0 amide bonds. The first-order valence-electron chi connectivity index (χ1n) is 6.11. The Labute approximate surface area is 96.9 Å². The molecule has 0 radical (unpaired) electrons. The van der Waals surface area contributed by atoms with Crippen LogP contribution in [0, 0.1) is 17.2 Å². The fourth-order valence-corrected chi connectivity index (χ4v) is 2.62. The lowest BCUT2D eigenvalue weighted by Crippen LogP contribution is -2.37. The van der Waals surface area contributed by atoms with Gasteiger partial charge >= 0.3 is 0 Å². The monoisotopic (exact) mass is 224 g/mol. The van der Waals surface area contributed by atoms with Crippen molar-refractivity contribution < 1.29 is 9.47 Å². The van der Waals surface area contributed by atoms with Gasteiger partial charge in [-0.05, 0) is 38.8 Å². The summed E-state index contributed by atoms with van der Waals surface area (Å²) in [6.45, 7) is 4.75. The van der Waals surface area contributed by atoms with Crippen molar-refractivity contribution in [3.8, 4) is 6.07 Å². The van der Waals surface area contributed by atoms with E-state index in [2.05, 4.69) is 11.4 Å². The standard InChI is InChI=1S/C12H20N2O2/c1-12(7-10-3-2-6-14-8-10)15-9-11(16-12)4-5-13/h10-11,14H,2-4,6-9H2,1H3. The molecule has 0 saturated carbocycles. The molecule has 0 aliphatic carbocycles. The first-order valence-corrected chi connectivity index (χ1v) is 6.11. The van der Waals surface area contributed by atoms with Gasteiger partial charge in [0.1, 0.15) is 0 Å². The van der Waals surface area contributed by atoms with Crippen LogP contribution in [0.25, 0.3) is 0 Å². The van der Waals surface area contributed by atoms with Gasteiger partial charge < -0.3 is 14.8 Å². The van der Waals surface area contributed by atoms with Gasteiger partial charge in [-0.25, -0.2) is 0 Å². The third-order valence-corrected chi connectivity index (χ3v) is 3.37. The van der Waals surface area contributed by atoms with Crippen LogP contribution in [0.2, 0.25) is 0 Å². The zero-order chi connectivity index (χ0) is 11.4. The number of nitriles is 1. The molecule has 0 bridgehead atoms. The van der Waals surface area contributed by atoms with E-state index in [1.807, 2.05) is 6.92 Å². The molecule has 0 aromatic heterocycles. The van der Waals surface area contributed by atoms with Gasteiger partial charge in [0, 0.05) is 6.42 Å². The highest BCUT2D eigenvalue weighted by molar-refractivity contribution is 4.85. The Morgan fingerprint density at radius 3 is 3.12 bits per heavy atom. The Hall–Kier alpha value is -0.630. The lowest BCUT2D eigenvalue weighted by Gasteiger charge is -2.30. The van der Waals surface area contributed by atoms with Crippen LogP contribution in [0.1, 0.15) is 32.6 Å². The predicted molar refractivity (Wildman–Crippen MR) is 59.7 cm³/mol. The van der Waals surface area contributed by atoms with Crippen molar-refractivity contribution in [2.24, 2.45) is 5.92 Å². The lowest BCUT2D eigenvalue weighted by molar-refractivity contribution is -0.166. The van der Waals surface area contributed by atoms with E-state index in [0.29, 0.717) is 18.9 Å². The van der Waals surface area contributed by atoms with Crippen LogP contribution in [0.3, 0.4) is 0 Å². The molecule has 0 aromatic carbocycles. The first kappa shape index (κ1) is 11.8. The number of piperidine rings is 1. The van der Waals surface area contributed by atoms with E-state index in [-0.39, 0.29) is 6.10 Å². The van der Waals surface area contributed by atoms with Crippen LogP contribution in [0.15, 0.2) is 0 Å². The predicted octanol–water partition coefficient (Wildman–Crippen LogP) is 1.42. The van der Waals surface area contributed by atoms with Crippen molar-refractivity contribution in [1.29, 1.82) is 5.26 Å². The van der Waals surface area contributed by atoms with Gasteiger partial charge in [-0.3, -0.25) is 0 Å². The van der Waals surface area contributed by atoms with Gasteiger partial charge in [-0.2, -0.15) is 5.26 Å². The summed E-state index contributed by atoms with van der Waals surface area (Å²) >= 11 is 0. The van der Waals surface area contributed by atoms with Gasteiger partial charge in [0.2, 0.25) is 0 Å². The molecule has 2 heterocycles. The summed E-state index contributed by atoms with van der Waals surface area (Å²) in [5, 5.41) is 12.0. The van der Waals surface area contributed by atoms with Crippen molar-refractivity contribution in [3.63, 3.8) is 0 Å². The summed E-state index contributed by atoms with van der Waals surface area (Å²) in [6.07, 6.45) is 3.81. The molecule has 90 valence electrons. The second-order valence-corrected chi connectivity index (χ2v) is 4.96. The van der Waals surface area contributed by atoms with Crippen molar-refractivity contribution in [1.82, 2.24) is 5.32 Å². The smallest absolute Gasteiger partial charge is 0.166 e. The molecule has 2 aliphatic rings. The lowest BCUT2D eigenvalue weighted by atomic mass is 9.92. The van der Waals surface area contributed by atoms with Crippen LogP contribution in [0.5, 0.6) is 0 Å². The van der Waals surface area contributed by atoms with E-state index in [1.165, 1.54) is 12.8 Å². The largest absolute Gasteiger partial charge is 0.347 e. The molecule has 2 saturated heterocycles. The summed E-state index contributed by atoms with van der Waals surface area (Å²) in [6, 6.07) is 2.13. The molecule has 4 nitrogen and oxygen atoms in total. The van der Waals surface area contributed by atoms with Crippen molar-refractivity contribution in [3.05, 3.63) is 0 Å². The normalized spacial score (nSPS) is 39.5. The number of hydrogen-bond acceptors (Lipinski definition) is 4. The van der Waals surface area contributed by atoms with E-state index in [4.69, 9.17) is 14.7 Å². The maximum Gasteiger partial charge on any atom is 0.166 e. The van der Waals surface area contributed by atoms with Crippen molar-refractivity contribution in [2.75, 3.05) is 19.7 Å². The Kier molecular flexibility index (Phi) is 3.80. The van der Waals surface area contributed by atoms with Crippen molar-refractivity contribution >= 4 is 0 Å². The topological polar surface area (TPSA) is 54.3 Å². The molecular weight excluding hydrogens is 204 g/mol. The molecule has 1 N–H and O–H groups in total. The van der Waals surface area contributed by atoms with Gasteiger partial charge in [0.05, 0.1) is 25.2 Å². The molecule has 3 unspecified atom stereocenters. The number of ether oxygens (including phenoxy) is 2. The number of nitrogens with zero attached hydrogens (tertiary/aromatic N) is 1. The molecule has 0 spiro atoms. The highest BCUT2D eigenvalue weighted by atomic mass is 16.7. The second-order valence-electron chi connectivity index (χ2n) is 4.96. The third kappa shape index (κ3) is 2.94. The zero-order valence-electron chi connectivity index (χ0n) is 9.87. The van der Waals surface area contributed by atoms with Gasteiger partial charge in [-0.1, -0.05) is 0 Å². The molecule has 2 fully saturated rings. The Balaban J connectivity index is 1.82. The maximum atomic E-state index is 8.62. The summed E-state index contributed by atoms with van der Waals surface area (Å²) in [4.78, 5) is 0. The maximum absolute atomic E-state index is 8.62. The fraction of sp³-hybridized carbons (Fsp3) is 0.917. The summed E-state index contributed by atoms with van der Waals surface area (Å²) in [5.74, 6) is 0.171. The SMILES string of the molecule is CC1(CC2CCCNC2)OCC(CC#N)O1. The van der Waals surface area contributed by atoms with E-state index in [0.717, 1.165) is 19.5 Å². The minimum atomic E-state index is -0.467.